The number of phenolic OH excluding ortho intramolecular Hbond substituents is 1. The summed E-state index contributed by atoms with van der Waals surface area (Å²) in [6.07, 6.45) is 17.0. The van der Waals surface area contributed by atoms with Crippen LogP contribution in [0.15, 0.2) is 12.1 Å². The van der Waals surface area contributed by atoms with Crippen molar-refractivity contribution >= 4 is 5.97 Å². The molecular weight excluding hydrogens is 360 g/mol. The van der Waals surface area contributed by atoms with Crippen LogP contribution >= 0.6 is 0 Å². The Hall–Kier alpha value is -1.51. The van der Waals surface area contributed by atoms with Crippen LogP contribution in [-0.2, 0) is 24.1 Å². The van der Waals surface area contributed by atoms with E-state index in [4.69, 9.17) is 0 Å². The van der Waals surface area contributed by atoms with Crippen molar-refractivity contribution in [1.82, 2.24) is 0 Å². The summed E-state index contributed by atoms with van der Waals surface area (Å²) in [7, 11) is 0. The van der Waals surface area contributed by atoms with Crippen molar-refractivity contribution in [3.05, 3.63) is 28.8 Å². The van der Waals surface area contributed by atoms with Gasteiger partial charge in [0, 0.05) is 0 Å². The molecule has 0 aliphatic heterocycles. The highest BCUT2D eigenvalue weighted by molar-refractivity contribution is 5.70. The van der Waals surface area contributed by atoms with Gasteiger partial charge in [-0.25, -0.2) is 0 Å². The van der Waals surface area contributed by atoms with Gasteiger partial charge < -0.3 is 10.2 Å². The topological polar surface area (TPSA) is 57.5 Å². The van der Waals surface area contributed by atoms with Crippen molar-refractivity contribution in [2.45, 2.75) is 117 Å². The third-order valence-corrected chi connectivity index (χ3v) is 6.08. The molecular formula is C26H44O3. The largest absolute Gasteiger partial charge is 0.507 e. The second-order valence-electron chi connectivity index (χ2n) is 8.53. The van der Waals surface area contributed by atoms with E-state index >= 15 is 0 Å². The molecule has 0 aliphatic rings. The van der Waals surface area contributed by atoms with E-state index < -0.39 is 5.97 Å². The Kier molecular flexibility index (Phi) is 13.5. The summed E-state index contributed by atoms with van der Waals surface area (Å²) in [5, 5.41) is 19.9. The SMILES string of the molecule is CCCCCCCCCCCCCC(Cc1cc(CC)c(O)c(CC)c1)C(=O)O. The first kappa shape index (κ1) is 25.5. The number of hydrogen-bond acceptors (Lipinski definition) is 2. The fraction of sp³-hybridized carbons (Fsp3) is 0.731. The van der Waals surface area contributed by atoms with Crippen LogP contribution in [0.25, 0.3) is 0 Å². The molecule has 3 heteroatoms. The lowest BCUT2D eigenvalue weighted by Crippen LogP contribution is -2.16. The number of carboxylic acids is 1. The fourth-order valence-electron chi connectivity index (χ4n) is 4.14. The first-order chi connectivity index (χ1) is 14.0. The summed E-state index contributed by atoms with van der Waals surface area (Å²) in [5.41, 5.74) is 2.91. The van der Waals surface area contributed by atoms with E-state index in [-0.39, 0.29) is 5.92 Å². The molecule has 0 amide bonds. The highest BCUT2D eigenvalue weighted by atomic mass is 16.4. The van der Waals surface area contributed by atoms with Crippen molar-refractivity contribution in [1.29, 1.82) is 0 Å². The molecule has 1 atom stereocenters. The van der Waals surface area contributed by atoms with Gasteiger partial charge in [0.25, 0.3) is 0 Å². The van der Waals surface area contributed by atoms with Crippen molar-refractivity contribution < 1.29 is 15.0 Å². The van der Waals surface area contributed by atoms with Gasteiger partial charge in [0.15, 0.2) is 0 Å². The molecule has 1 aromatic rings. The molecule has 0 heterocycles. The number of aryl methyl sites for hydroxylation is 2. The van der Waals surface area contributed by atoms with Crippen LogP contribution in [0.2, 0.25) is 0 Å². The summed E-state index contributed by atoms with van der Waals surface area (Å²) >= 11 is 0. The number of carboxylic acid groups (broad SMARTS) is 1. The Morgan fingerprint density at radius 1 is 0.793 bits per heavy atom. The average Bonchev–Trinajstić information content (AvgIpc) is 2.71. The minimum atomic E-state index is -0.693. The van der Waals surface area contributed by atoms with Crippen LogP contribution in [0.1, 0.15) is 115 Å². The molecule has 29 heavy (non-hydrogen) atoms. The zero-order valence-electron chi connectivity index (χ0n) is 19.1. The number of unbranched alkanes of at least 4 members (excludes halogenated alkanes) is 10. The van der Waals surface area contributed by atoms with E-state index in [1.54, 1.807) is 0 Å². The van der Waals surface area contributed by atoms with Gasteiger partial charge in [-0.05, 0) is 42.4 Å². The number of hydrogen-bond donors (Lipinski definition) is 2. The molecule has 0 saturated heterocycles. The van der Waals surface area contributed by atoms with Gasteiger partial charge in [0.1, 0.15) is 5.75 Å². The minimum Gasteiger partial charge on any atom is -0.507 e. The standard InChI is InChI=1S/C26H44O3/c1-4-7-8-9-10-11-12-13-14-15-16-17-24(26(28)29)20-21-18-22(5-2)25(27)23(6-3)19-21/h18-19,24,27H,4-17,20H2,1-3H3,(H,28,29). The smallest absolute Gasteiger partial charge is 0.306 e. The molecule has 1 unspecified atom stereocenters. The molecule has 0 saturated carbocycles. The van der Waals surface area contributed by atoms with Gasteiger partial charge in [0.2, 0.25) is 0 Å². The van der Waals surface area contributed by atoms with E-state index in [2.05, 4.69) is 6.92 Å². The van der Waals surface area contributed by atoms with Gasteiger partial charge in [-0.1, -0.05) is 104 Å². The summed E-state index contributed by atoms with van der Waals surface area (Å²) in [6, 6.07) is 3.98. The second kappa shape index (κ2) is 15.3. The minimum absolute atomic E-state index is 0.326. The van der Waals surface area contributed by atoms with E-state index in [1.807, 2.05) is 26.0 Å². The zero-order chi connectivity index (χ0) is 21.5. The van der Waals surface area contributed by atoms with Crippen LogP contribution < -0.4 is 0 Å². The monoisotopic (exact) mass is 404 g/mol. The first-order valence-electron chi connectivity index (χ1n) is 12.1. The number of aliphatic carboxylic acids is 1. The van der Waals surface area contributed by atoms with Gasteiger partial charge >= 0.3 is 5.97 Å². The quantitative estimate of drug-likeness (QED) is 0.265. The average molecular weight is 405 g/mol. The highest BCUT2D eigenvalue weighted by Gasteiger charge is 2.19. The third-order valence-electron chi connectivity index (χ3n) is 6.08. The first-order valence-corrected chi connectivity index (χ1v) is 12.1. The molecule has 1 rings (SSSR count). The van der Waals surface area contributed by atoms with E-state index in [0.29, 0.717) is 12.2 Å². The molecule has 0 fully saturated rings. The Morgan fingerprint density at radius 3 is 1.66 bits per heavy atom. The van der Waals surface area contributed by atoms with Gasteiger partial charge in [-0.2, -0.15) is 0 Å². The maximum atomic E-state index is 11.7. The van der Waals surface area contributed by atoms with E-state index in [9.17, 15) is 15.0 Å². The van der Waals surface area contributed by atoms with E-state index in [1.165, 1.54) is 57.8 Å². The molecule has 3 nitrogen and oxygen atoms in total. The number of aromatic hydroxyl groups is 1. The van der Waals surface area contributed by atoms with Crippen LogP contribution in [0.5, 0.6) is 5.75 Å². The predicted octanol–water partition coefficient (Wildman–Crippen LogP) is 7.46. The molecule has 166 valence electrons. The molecule has 2 N–H and O–H groups in total. The summed E-state index contributed by atoms with van der Waals surface area (Å²) in [4.78, 5) is 11.7. The zero-order valence-corrected chi connectivity index (χ0v) is 19.1. The number of carbonyl (C=O) groups is 1. The lowest BCUT2D eigenvalue weighted by atomic mass is 9.90. The molecule has 0 spiro atoms. The molecule has 0 aliphatic carbocycles. The van der Waals surface area contributed by atoms with Crippen molar-refractivity contribution in [2.75, 3.05) is 0 Å². The highest BCUT2D eigenvalue weighted by Crippen LogP contribution is 2.28. The number of phenols is 1. The maximum absolute atomic E-state index is 11.7. The van der Waals surface area contributed by atoms with E-state index in [0.717, 1.165) is 48.8 Å². The van der Waals surface area contributed by atoms with Crippen LogP contribution in [0.4, 0.5) is 0 Å². The van der Waals surface area contributed by atoms with Crippen molar-refractivity contribution in [2.24, 2.45) is 5.92 Å². The predicted molar refractivity (Wildman–Crippen MR) is 123 cm³/mol. The van der Waals surface area contributed by atoms with Crippen molar-refractivity contribution in [3.63, 3.8) is 0 Å². The van der Waals surface area contributed by atoms with Crippen LogP contribution in [0, 0.1) is 5.92 Å². The fourth-order valence-corrected chi connectivity index (χ4v) is 4.14. The Morgan fingerprint density at radius 2 is 1.24 bits per heavy atom. The molecule has 0 aromatic heterocycles. The van der Waals surface area contributed by atoms with Gasteiger partial charge in [-0.3, -0.25) is 4.79 Å². The maximum Gasteiger partial charge on any atom is 0.306 e. The molecule has 0 radical (unpaired) electrons. The Bertz CT molecular complexity index is 554. The van der Waals surface area contributed by atoms with Crippen LogP contribution in [0.3, 0.4) is 0 Å². The Balaban J connectivity index is 2.34. The molecule has 1 aromatic carbocycles. The number of rotatable bonds is 17. The lowest BCUT2D eigenvalue weighted by molar-refractivity contribution is -0.142. The summed E-state index contributed by atoms with van der Waals surface area (Å²) in [5.74, 6) is -0.634. The van der Waals surface area contributed by atoms with Gasteiger partial charge in [0.05, 0.1) is 5.92 Å². The molecule has 0 bridgehead atoms. The van der Waals surface area contributed by atoms with Gasteiger partial charge in [-0.15, -0.1) is 0 Å². The van der Waals surface area contributed by atoms with Crippen LogP contribution in [-0.4, -0.2) is 16.2 Å². The normalized spacial score (nSPS) is 12.2. The third kappa shape index (κ3) is 10.2. The second-order valence-corrected chi connectivity index (χ2v) is 8.53. The summed E-state index contributed by atoms with van der Waals surface area (Å²) < 4.78 is 0. The lowest BCUT2D eigenvalue weighted by Gasteiger charge is -2.15. The summed E-state index contributed by atoms with van der Waals surface area (Å²) in [6.45, 7) is 6.31. The Labute approximate surface area is 178 Å². The number of benzene rings is 1. The van der Waals surface area contributed by atoms with Crippen molar-refractivity contribution in [3.8, 4) is 5.75 Å².